The number of halogens is 3. The van der Waals surface area contributed by atoms with Crippen LogP contribution in [-0.4, -0.2) is 44.6 Å². The van der Waals surface area contributed by atoms with Gasteiger partial charge in [-0.1, -0.05) is 0 Å². The highest BCUT2D eigenvalue weighted by Crippen LogP contribution is 2.39. The standard InChI is InChI=1S/C9H16BF3NO/c11-10(12,13)8-14-4-1-9(7-14)2-5-15-6-3-9/h1-8H2/q-1. The predicted octanol–water partition coefficient (Wildman–Crippen LogP) is 1.88. The highest BCUT2D eigenvalue weighted by atomic mass is 19.4. The Hall–Kier alpha value is -0.225. The maximum absolute atomic E-state index is 12.3. The molecule has 2 saturated heterocycles. The molecule has 0 aromatic carbocycles. The van der Waals surface area contributed by atoms with Gasteiger partial charge in [0.1, 0.15) is 0 Å². The van der Waals surface area contributed by atoms with Crippen molar-refractivity contribution in [3.63, 3.8) is 0 Å². The van der Waals surface area contributed by atoms with E-state index in [1.165, 1.54) is 0 Å². The van der Waals surface area contributed by atoms with Crippen LogP contribution in [0.5, 0.6) is 0 Å². The molecule has 15 heavy (non-hydrogen) atoms. The molecule has 6 heteroatoms. The summed E-state index contributed by atoms with van der Waals surface area (Å²) >= 11 is 0. The van der Waals surface area contributed by atoms with E-state index >= 15 is 0 Å². The first kappa shape index (κ1) is 11.3. The average molecular weight is 222 g/mol. The number of hydrogen-bond acceptors (Lipinski definition) is 2. The van der Waals surface area contributed by atoms with Gasteiger partial charge in [-0.2, -0.15) is 0 Å². The molecular weight excluding hydrogens is 206 g/mol. The summed E-state index contributed by atoms with van der Waals surface area (Å²) in [5.41, 5.74) is 0.125. The molecule has 0 saturated carbocycles. The highest BCUT2D eigenvalue weighted by molar-refractivity contribution is 6.58. The van der Waals surface area contributed by atoms with Gasteiger partial charge in [0, 0.05) is 19.8 Å². The smallest absolute Gasteiger partial charge is 0.448 e. The molecule has 2 rings (SSSR count). The Balaban J connectivity index is 1.88. The topological polar surface area (TPSA) is 12.5 Å². The first-order valence-electron chi connectivity index (χ1n) is 5.50. The Morgan fingerprint density at radius 1 is 1.13 bits per heavy atom. The Morgan fingerprint density at radius 3 is 2.40 bits per heavy atom. The normalized spacial score (nSPS) is 27.4. The summed E-state index contributed by atoms with van der Waals surface area (Å²) in [6, 6.07) is 0. The van der Waals surface area contributed by atoms with Crippen molar-refractivity contribution in [1.29, 1.82) is 0 Å². The second-order valence-electron chi connectivity index (χ2n) is 4.81. The van der Waals surface area contributed by atoms with Gasteiger partial charge in [-0.25, -0.2) is 0 Å². The summed E-state index contributed by atoms with van der Waals surface area (Å²) in [7, 11) is 0. The monoisotopic (exact) mass is 222 g/mol. The molecule has 2 aliphatic rings. The van der Waals surface area contributed by atoms with Crippen molar-refractivity contribution in [1.82, 2.24) is 4.90 Å². The van der Waals surface area contributed by atoms with E-state index in [4.69, 9.17) is 4.74 Å². The minimum absolute atomic E-state index is 0.125. The summed E-state index contributed by atoms with van der Waals surface area (Å²) in [6.07, 6.45) is 2.06. The maximum atomic E-state index is 12.3. The molecular formula is C9H16BF3NO-. The van der Waals surface area contributed by atoms with Crippen LogP contribution in [-0.2, 0) is 4.74 Å². The van der Waals surface area contributed by atoms with Crippen molar-refractivity contribution in [2.75, 3.05) is 32.7 Å². The van der Waals surface area contributed by atoms with E-state index in [9.17, 15) is 12.9 Å². The molecule has 0 atom stereocenters. The summed E-state index contributed by atoms with van der Waals surface area (Å²) < 4.78 is 42.0. The van der Waals surface area contributed by atoms with E-state index in [1.807, 2.05) is 0 Å². The van der Waals surface area contributed by atoms with Gasteiger partial charge in [-0.05, 0) is 37.7 Å². The summed E-state index contributed by atoms with van der Waals surface area (Å²) in [5.74, 6) is 0. The SMILES string of the molecule is F[B-](F)(F)CN1CCC2(CCOCC2)C1. The van der Waals surface area contributed by atoms with E-state index in [1.54, 1.807) is 4.90 Å². The quantitative estimate of drug-likeness (QED) is 0.661. The van der Waals surface area contributed by atoms with E-state index in [-0.39, 0.29) is 5.41 Å². The van der Waals surface area contributed by atoms with Gasteiger partial charge in [-0.15, -0.1) is 0 Å². The molecule has 1 spiro atoms. The van der Waals surface area contributed by atoms with Gasteiger partial charge in [0.2, 0.25) is 0 Å². The Morgan fingerprint density at radius 2 is 1.80 bits per heavy atom. The molecule has 2 fully saturated rings. The van der Waals surface area contributed by atoms with Gasteiger partial charge in [0.05, 0.1) is 0 Å². The highest BCUT2D eigenvalue weighted by Gasteiger charge is 2.41. The predicted molar refractivity (Wildman–Crippen MR) is 52.6 cm³/mol. The molecule has 0 N–H and O–H groups in total. The second kappa shape index (κ2) is 3.98. The molecule has 0 aromatic rings. The third-order valence-corrected chi connectivity index (χ3v) is 3.54. The van der Waals surface area contributed by atoms with Crippen molar-refractivity contribution in [3.05, 3.63) is 0 Å². The fraction of sp³-hybridized carbons (Fsp3) is 1.00. The van der Waals surface area contributed by atoms with Crippen LogP contribution in [0.1, 0.15) is 19.3 Å². The average Bonchev–Trinajstić information content (AvgIpc) is 2.47. The number of rotatable bonds is 2. The second-order valence-corrected chi connectivity index (χ2v) is 4.81. The van der Waals surface area contributed by atoms with Crippen LogP contribution in [0.25, 0.3) is 0 Å². The summed E-state index contributed by atoms with van der Waals surface area (Å²) in [5, 5.41) is 0. The number of likely N-dealkylation sites (tertiary alicyclic amines) is 1. The van der Waals surface area contributed by atoms with Crippen molar-refractivity contribution >= 4 is 6.98 Å². The van der Waals surface area contributed by atoms with Crippen LogP contribution in [0.2, 0.25) is 0 Å². The minimum atomic E-state index is -4.67. The summed E-state index contributed by atoms with van der Waals surface area (Å²) in [4.78, 5) is 1.56. The molecule has 0 radical (unpaired) electrons. The molecule has 0 bridgehead atoms. The van der Waals surface area contributed by atoms with Gasteiger partial charge in [0.25, 0.3) is 0 Å². The van der Waals surface area contributed by atoms with E-state index in [0.29, 0.717) is 26.3 Å². The van der Waals surface area contributed by atoms with Crippen LogP contribution in [0, 0.1) is 5.41 Å². The van der Waals surface area contributed by atoms with Crippen LogP contribution in [0.15, 0.2) is 0 Å². The third-order valence-electron chi connectivity index (χ3n) is 3.54. The molecule has 0 unspecified atom stereocenters. The van der Waals surface area contributed by atoms with Crippen molar-refractivity contribution in [2.45, 2.75) is 19.3 Å². The van der Waals surface area contributed by atoms with Crippen molar-refractivity contribution in [3.8, 4) is 0 Å². The number of ether oxygens (including phenoxy) is 1. The van der Waals surface area contributed by atoms with Crippen LogP contribution in [0.4, 0.5) is 12.9 Å². The van der Waals surface area contributed by atoms with E-state index in [0.717, 1.165) is 19.3 Å². The zero-order chi connectivity index (χ0) is 10.9. The lowest BCUT2D eigenvalue weighted by atomic mass is 9.79. The van der Waals surface area contributed by atoms with E-state index in [2.05, 4.69) is 0 Å². The van der Waals surface area contributed by atoms with Gasteiger partial charge in [-0.3, -0.25) is 0 Å². The number of nitrogens with zero attached hydrogens (tertiary/aromatic N) is 1. The lowest BCUT2D eigenvalue weighted by Crippen LogP contribution is -2.39. The first-order valence-corrected chi connectivity index (χ1v) is 5.50. The van der Waals surface area contributed by atoms with Crippen molar-refractivity contribution in [2.24, 2.45) is 5.41 Å². The molecule has 2 aliphatic heterocycles. The Kier molecular flexibility index (Phi) is 2.99. The van der Waals surface area contributed by atoms with Gasteiger partial charge in [0.15, 0.2) is 0 Å². The lowest BCUT2D eigenvalue weighted by molar-refractivity contribution is 0.0198. The van der Waals surface area contributed by atoms with Crippen LogP contribution in [0.3, 0.4) is 0 Å². The molecule has 0 amide bonds. The zero-order valence-corrected chi connectivity index (χ0v) is 8.72. The summed E-state index contributed by atoms with van der Waals surface area (Å²) in [6.45, 7) is -2.03. The number of hydrogen-bond donors (Lipinski definition) is 0. The van der Waals surface area contributed by atoms with Crippen LogP contribution < -0.4 is 0 Å². The molecule has 2 nitrogen and oxygen atoms in total. The zero-order valence-electron chi connectivity index (χ0n) is 8.72. The first-order chi connectivity index (χ1) is 6.99. The fourth-order valence-electron chi connectivity index (χ4n) is 2.69. The third kappa shape index (κ3) is 2.87. The van der Waals surface area contributed by atoms with E-state index < -0.39 is 13.4 Å². The largest absolute Gasteiger partial charge is 0.492 e. The molecule has 0 aliphatic carbocycles. The maximum Gasteiger partial charge on any atom is 0.492 e. The van der Waals surface area contributed by atoms with Gasteiger partial charge < -0.3 is 22.6 Å². The lowest BCUT2D eigenvalue weighted by Gasteiger charge is -2.34. The Labute approximate surface area is 87.8 Å². The van der Waals surface area contributed by atoms with Crippen molar-refractivity contribution < 1.29 is 17.7 Å². The van der Waals surface area contributed by atoms with Gasteiger partial charge >= 0.3 is 6.98 Å². The molecule has 2 heterocycles. The Bertz CT molecular complexity index is 228. The molecule has 88 valence electrons. The fourth-order valence-corrected chi connectivity index (χ4v) is 2.69. The molecule has 0 aromatic heterocycles. The van der Waals surface area contributed by atoms with Crippen LogP contribution >= 0.6 is 0 Å². The minimum Gasteiger partial charge on any atom is -0.448 e.